The number of fused-ring (bicyclic) bond motifs is 1. The van der Waals surface area contributed by atoms with Crippen molar-refractivity contribution in [2.45, 2.75) is 25.8 Å². The summed E-state index contributed by atoms with van der Waals surface area (Å²) in [6, 6.07) is 4.68. The summed E-state index contributed by atoms with van der Waals surface area (Å²) in [5.41, 5.74) is 8.83. The number of halogens is 2. The van der Waals surface area contributed by atoms with Gasteiger partial charge in [0.25, 0.3) is 6.43 Å². The van der Waals surface area contributed by atoms with Crippen LogP contribution in [0.25, 0.3) is 16.9 Å². The molecule has 1 fully saturated rings. The molecule has 0 spiro atoms. The van der Waals surface area contributed by atoms with Crippen molar-refractivity contribution in [3.05, 3.63) is 42.0 Å². The molecule has 1 saturated heterocycles. The maximum absolute atomic E-state index is 13.1. The lowest BCUT2D eigenvalue weighted by Crippen LogP contribution is -2.41. The number of sulfonamides is 1. The van der Waals surface area contributed by atoms with Gasteiger partial charge in [-0.2, -0.15) is 5.10 Å². The van der Waals surface area contributed by atoms with Crippen LogP contribution in [0.15, 0.2) is 30.6 Å². The molecule has 0 amide bonds. The standard InChI is InChI=1S/C20H25F2N7O2S/c1-32(30,31)26-9-13-3-2-6-28(12-13)17-7-14(10-24-16(17)8-23)18-11-25-19-5-4-15(20(21)22)27-29(18)19/h4-5,7,10-11,13,20,26H,2-3,6,8-9,12,23H2,1H3. The van der Waals surface area contributed by atoms with E-state index < -0.39 is 16.4 Å². The number of anilines is 1. The average molecular weight is 466 g/mol. The molecule has 0 bridgehead atoms. The molecule has 1 aliphatic heterocycles. The van der Waals surface area contributed by atoms with Gasteiger partial charge in [0.1, 0.15) is 5.69 Å². The van der Waals surface area contributed by atoms with E-state index in [1.165, 1.54) is 16.6 Å². The smallest absolute Gasteiger partial charge is 0.282 e. The average Bonchev–Trinajstić information content (AvgIpc) is 3.20. The molecule has 9 nitrogen and oxygen atoms in total. The van der Waals surface area contributed by atoms with Crippen molar-refractivity contribution in [1.29, 1.82) is 0 Å². The number of nitrogens with two attached hydrogens (primary N) is 1. The van der Waals surface area contributed by atoms with E-state index in [0.29, 0.717) is 35.7 Å². The van der Waals surface area contributed by atoms with Gasteiger partial charge in [-0.3, -0.25) is 4.98 Å². The molecule has 0 aliphatic carbocycles. The molecule has 0 radical (unpaired) electrons. The second-order valence-electron chi connectivity index (χ2n) is 7.94. The van der Waals surface area contributed by atoms with E-state index in [4.69, 9.17) is 5.73 Å². The minimum Gasteiger partial charge on any atom is -0.370 e. The number of imidazole rings is 1. The fourth-order valence-electron chi connectivity index (χ4n) is 3.97. The topological polar surface area (TPSA) is 119 Å². The Morgan fingerprint density at radius 3 is 2.81 bits per heavy atom. The van der Waals surface area contributed by atoms with Crippen LogP contribution < -0.4 is 15.4 Å². The third-order valence-corrected chi connectivity index (χ3v) is 6.23. The van der Waals surface area contributed by atoms with Crippen LogP contribution >= 0.6 is 0 Å². The highest BCUT2D eigenvalue weighted by atomic mass is 32.2. The second kappa shape index (κ2) is 9.04. The number of rotatable bonds is 7. The molecule has 1 aliphatic rings. The number of nitrogens with zero attached hydrogens (tertiary/aromatic N) is 5. The number of hydrogen-bond donors (Lipinski definition) is 2. The lowest BCUT2D eigenvalue weighted by atomic mass is 9.97. The molecule has 1 atom stereocenters. The molecule has 32 heavy (non-hydrogen) atoms. The fraction of sp³-hybridized carbons (Fsp3) is 0.450. The molecule has 3 aromatic rings. The molecule has 12 heteroatoms. The number of aromatic nitrogens is 4. The summed E-state index contributed by atoms with van der Waals surface area (Å²) in [5, 5.41) is 4.03. The van der Waals surface area contributed by atoms with E-state index in [0.717, 1.165) is 31.3 Å². The minimum absolute atomic E-state index is 0.152. The highest BCUT2D eigenvalue weighted by Crippen LogP contribution is 2.30. The molecular formula is C20H25F2N7O2S. The van der Waals surface area contributed by atoms with Gasteiger partial charge >= 0.3 is 0 Å². The van der Waals surface area contributed by atoms with Gasteiger partial charge in [0.2, 0.25) is 10.0 Å². The van der Waals surface area contributed by atoms with Gasteiger partial charge in [0, 0.05) is 37.9 Å². The first-order chi connectivity index (χ1) is 15.2. The van der Waals surface area contributed by atoms with Crippen LogP contribution in [0.1, 0.15) is 30.7 Å². The SMILES string of the molecule is CS(=O)(=O)NCC1CCCN(c2cc(-c3cnc4ccc(C(F)F)nn34)cnc2CN)C1. The predicted molar refractivity (Wildman–Crippen MR) is 117 cm³/mol. The third-order valence-electron chi connectivity index (χ3n) is 5.54. The van der Waals surface area contributed by atoms with Gasteiger partial charge < -0.3 is 10.6 Å². The van der Waals surface area contributed by atoms with Crippen LogP contribution in [0.5, 0.6) is 0 Å². The second-order valence-corrected chi connectivity index (χ2v) is 9.77. The van der Waals surface area contributed by atoms with E-state index in [1.807, 2.05) is 6.07 Å². The Morgan fingerprint density at radius 2 is 2.09 bits per heavy atom. The number of piperidine rings is 1. The van der Waals surface area contributed by atoms with Crippen LogP contribution in [-0.4, -0.2) is 53.9 Å². The van der Waals surface area contributed by atoms with Gasteiger partial charge in [-0.05, 0) is 37.0 Å². The molecular weight excluding hydrogens is 440 g/mol. The summed E-state index contributed by atoms with van der Waals surface area (Å²) >= 11 is 0. The zero-order chi connectivity index (χ0) is 22.9. The van der Waals surface area contributed by atoms with E-state index in [9.17, 15) is 17.2 Å². The molecule has 0 saturated carbocycles. The maximum Gasteiger partial charge on any atom is 0.282 e. The zero-order valence-electron chi connectivity index (χ0n) is 17.6. The summed E-state index contributed by atoms with van der Waals surface area (Å²) in [7, 11) is -3.26. The van der Waals surface area contributed by atoms with E-state index in [1.54, 1.807) is 12.4 Å². The Balaban J connectivity index is 1.66. The van der Waals surface area contributed by atoms with Crippen LogP contribution in [0.3, 0.4) is 0 Å². The zero-order valence-corrected chi connectivity index (χ0v) is 18.4. The van der Waals surface area contributed by atoms with Crippen molar-refractivity contribution in [3.8, 4) is 11.3 Å². The Kier molecular flexibility index (Phi) is 6.35. The minimum atomic E-state index is -3.26. The van der Waals surface area contributed by atoms with Crippen molar-refractivity contribution in [1.82, 2.24) is 24.3 Å². The normalized spacial score (nSPS) is 17.4. The monoisotopic (exact) mass is 465 g/mol. The highest BCUT2D eigenvalue weighted by molar-refractivity contribution is 7.88. The maximum atomic E-state index is 13.1. The van der Waals surface area contributed by atoms with Gasteiger partial charge in [0.15, 0.2) is 5.65 Å². The molecule has 172 valence electrons. The first-order valence-electron chi connectivity index (χ1n) is 10.3. The van der Waals surface area contributed by atoms with Crippen molar-refractivity contribution in [2.75, 3.05) is 30.8 Å². The molecule has 1 unspecified atom stereocenters. The molecule has 4 rings (SSSR count). The van der Waals surface area contributed by atoms with Gasteiger partial charge in [-0.25, -0.2) is 31.4 Å². The van der Waals surface area contributed by atoms with E-state index >= 15 is 0 Å². The lowest BCUT2D eigenvalue weighted by molar-refractivity contribution is 0.144. The molecule has 0 aromatic carbocycles. The molecule has 4 heterocycles. The van der Waals surface area contributed by atoms with Crippen molar-refractivity contribution in [2.24, 2.45) is 11.7 Å². The Morgan fingerprint density at radius 1 is 1.28 bits per heavy atom. The van der Waals surface area contributed by atoms with Crippen LogP contribution in [0.4, 0.5) is 14.5 Å². The predicted octanol–water partition coefficient (Wildman–Crippen LogP) is 1.95. The summed E-state index contributed by atoms with van der Waals surface area (Å²) in [5.74, 6) is 0.152. The fourth-order valence-corrected chi connectivity index (χ4v) is 4.51. The Bertz CT molecular complexity index is 1220. The Labute approximate surface area is 184 Å². The van der Waals surface area contributed by atoms with E-state index in [-0.39, 0.29) is 18.2 Å². The van der Waals surface area contributed by atoms with Crippen LogP contribution in [0.2, 0.25) is 0 Å². The summed E-state index contributed by atoms with van der Waals surface area (Å²) < 4.78 is 53.2. The molecule has 3 N–H and O–H groups in total. The van der Waals surface area contributed by atoms with Gasteiger partial charge in [0.05, 0.1) is 29.5 Å². The quantitative estimate of drug-likeness (QED) is 0.547. The van der Waals surface area contributed by atoms with Gasteiger partial charge in [-0.15, -0.1) is 0 Å². The van der Waals surface area contributed by atoms with Crippen molar-refractivity contribution < 1.29 is 17.2 Å². The lowest BCUT2D eigenvalue weighted by Gasteiger charge is -2.35. The van der Waals surface area contributed by atoms with Crippen molar-refractivity contribution >= 4 is 21.4 Å². The summed E-state index contributed by atoms with van der Waals surface area (Å²) in [6.45, 7) is 2.04. The van der Waals surface area contributed by atoms with Gasteiger partial charge in [-0.1, -0.05) is 0 Å². The summed E-state index contributed by atoms with van der Waals surface area (Å²) in [4.78, 5) is 10.9. The Hall–Kier alpha value is -2.70. The number of hydrogen-bond acceptors (Lipinski definition) is 7. The van der Waals surface area contributed by atoms with Crippen LogP contribution in [0, 0.1) is 5.92 Å². The number of alkyl halides is 2. The molecule has 3 aromatic heterocycles. The first-order valence-corrected chi connectivity index (χ1v) is 12.2. The first kappa shape index (κ1) is 22.5. The van der Waals surface area contributed by atoms with Crippen molar-refractivity contribution in [3.63, 3.8) is 0 Å². The van der Waals surface area contributed by atoms with Crippen LogP contribution in [-0.2, 0) is 16.6 Å². The highest BCUT2D eigenvalue weighted by Gasteiger charge is 2.24. The largest absolute Gasteiger partial charge is 0.370 e. The number of pyridine rings is 1. The number of nitrogens with one attached hydrogen (secondary N) is 1. The summed E-state index contributed by atoms with van der Waals surface area (Å²) in [6.07, 6.45) is 3.50. The van der Waals surface area contributed by atoms with E-state index in [2.05, 4.69) is 24.7 Å². The third kappa shape index (κ3) is 4.87.